The Bertz CT molecular complexity index is 592. The Labute approximate surface area is 126 Å². The number of aromatic nitrogens is 2. The molecule has 0 spiro atoms. The van der Waals surface area contributed by atoms with Crippen LogP contribution in [0.2, 0.25) is 0 Å². The molecule has 114 valence electrons. The van der Waals surface area contributed by atoms with Crippen molar-refractivity contribution in [1.82, 2.24) is 14.9 Å². The summed E-state index contributed by atoms with van der Waals surface area (Å²) in [5.41, 5.74) is 2.37. The molecule has 21 heavy (non-hydrogen) atoms. The molecular formula is C16H24N4O. The standard InChI is InChI=1S/C16H24N4O/c1-12(13-7-6-8-15(9-13)21-5)17-10-14-11-18-16(19(2)3)20(14)4/h6-9,11-12,17H,10H2,1-5H3/t12-/m0/s1. The van der Waals surface area contributed by atoms with Crippen LogP contribution < -0.4 is 15.0 Å². The van der Waals surface area contributed by atoms with E-state index >= 15 is 0 Å². The highest BCUT2D eigenvalue weighted by atomic mass is 16.5. The maximum atomic E-state index is 5.27. The number of methoxy groups -OCH3 is 1. The van der Waals surface area contributed by atoms with Crippen LogP contribution in [-0.4, -0.2) is 30.8 Å². The number of hydrogen-bond acceptors (Lipinski definition) is 4. The average Bonchev–Trinajstić information content (AvgIpc) is 2.86. The number of benzene rings is 1. The number of anilines is 1. The highest BCUT2D eigenvalue weighted by molar-refractivity contribution is 5.32. The van der Waals surface area contributed by atoms with E-state index < -0.39 is 0 Å². The van der Waals surface area contributed by atoms with Crippen LogP contribution >= 0.6 is 0 Å². The first-order valence-electron chi connectivity index (χ1n) is 7.08. The molecular weight excluding hydrogens is 264 g/mol. The molecule has 0 fully saturated rings. The molecule has 0 radical (unpaired) electrons. The molecule has 0 unspecified atom stereocenters. The lowest BCUT2D eigenvalue weighted by Crippen LogP contribution is -2.20. The molecule has 5 nitrogen and oxygen atoms in total. The summed E-state index contributed by atoms with van der Waals surface area (Å²) < 4.78 is 7.37. The van der Waals surface area contributed by atoms with E-state index in [1.165, 1.54) is 5.56 Å². The van der Waals surface area contributed by atoms with Gasteiger partial charge in [-0.15, -0.1) is 0 Å². The van der Waals surface area contributed by atoms with Gasteiger partial charge in [-0.3, -0.25) is 0 Å². The van der Waals surface area contributed by atoms with Crippen LogP contribution in [0.3, 0.4) is 0 Å². The summed E-state index contributed by atoms with van der Waals surface area (Å²) in [4.78, 5) is 6.43. The Morgan fingerprint density at radius 2 is 2.14 bits per heavy atom. The predicted octanol–water partition coefficient (Wildman–Crippen LogP) is 2.35. The minimum atomic E-state index is 0.248. The van der Waals surface area contributed by atoms with Crippen molar-refractivity contribution in [2.75, 3.05) is 26.1 Å². The van der Waals surface area contributed by atoms with E-state index in [1.807, 2.05) is 44.4 Å². The molecule has 0 amide bonds. The van der Waals surface area contributed by atoms with Gasteiger partial charge in [-0.05, 0) is 24.6 Å². The van der Waals surface area contributed by atoms with E-state index in [1.54, 1.807) is 7.11 Å². The van der Waals surface area contributed by atoms with Crippen LogP contribution in [-0.2, 0) is 13.6 Å². The smallest absolute Gasteiger partial charge is 0.204 e. The first-order valence-corrected chi connectivity index (χ1v) is 7.08. The Morgan fingerprint density at radius 3 is 2.76 bits per heavy atom. The molecule has 0 aliphatic carbocycles. The van der Waals surface area contributed by atoms with Crippen LogP contribution in [0.1, 0.15) is 24.2 Å². The number of nitrogens with zero attached hydrogens (tertiary/aromatic N) is 3. The highest BCUT2D eigenvalue weighted by Crippen LogP contribution is 2.19. The van der Waals surface area contributed by atoms with Gasteiger partial charge in [0.2, 0.25) is 5.95 Å². The molecule has 1 atom stereocenters. The molecule has 0 saturated carbocycles. The second kappa shape index (κ2) is 6.63. The van der Waals surface area contributed by atoms with Gasteiger partial charge < -0.3 is 19.5 Å². The zero-order valence-electron chi connectivity index (χ0n) is 13.4. The predicted molar refractivity (Wildman–Crippen MR) is 85.8 cm³/mol. The lowest BCUT2D eigenvalue weighted by Gasteiger charge is -2.16. The van der Waals surface area contributed by atoms with Crippen LogP contribution in [0.5, 0.6) is 5.75 Å². The molecule has 1 aromatic carbocycles. The van der Waals surface area contributed by atoms with Gasteiger partial charge in [0, 0.05) is 33.7 Å². The van der Waals surface area contributed by atoms with E-state index in [0.717, 1.165) is 23.9 Å². The number of hydrogen-bond donors (Lipinski definition) is 1. The van der Waals surface area contributed by atoms with E-state index in [9.17, 15) is 0 Å². The van der Waals surface area contributed by atoms with E-state index in [0.29, 0.717) is 0 Å². The molecule has 5 heteroatoms. The van der Waals surface area contributed by atoms with Gasteiger partial charge in [0.25, 0.3) is 0 Å². The van der Waals surface area contributed by atoms with Gasteiger partial charge in [0.1, 0.15) is 5.75 Å². The molecule has 0 aliphatic rings. The molecule has 1 heterocycles. The molecule has 0 saturated heterocycles. The molecule has 0 aliphatic heterocycles. The van der Waals surface area contributed by atoms with Gasteiger partial charge >= 0.3 is 0 Å². The summed E-state index contributed by atoms with van der Waals surface area (Å²) in [5, 5.41) is 3.52. The van der Waals surface area contributed by atoms with Crippen LogP contribution in [0.15, 0.2) is 30.5 Å². The summed E-state index contributed by atoms with van der Waals surface area (Å²) in [5.74, 6) is 1.84. The van der Waals surface area contributed by atoms with Crippen molar-refractivity contribution in [3.63, 3.8) is 0 Å². The zero-order valence-corrected chi connectivity index (χ0v) is 13.4. The van der Waals surface area contributed by atoms with Gasteiger partial charge in [-0.2, -0.15) is 0 Å². The first kappa shape index (κ1) is 15.4. The monoisotopic (exact) mass is 288 g/mol. The Hall–Kier alpha value is -2.01. The third-order valence-corrected chi connectivity index (χ3v) is 3.64. The van der Waals surface area contributed by atoms with Crippen LogP contribution in [0, 0.1) is 0 Å². The lowest BCUT2D eigenvalue weighted by atomic mass is 10.1. The third-order valence-electron chi connectivity index (χ3n) is 3.64. The first-order chi connectivity index (χ1) is 10.0. The highest BCUT2D eigenvalue weighted by Gasteiger charge is 2.10. The topological polar surface area (TPSA) is 42.3 Å². The normalized spacial score (nSPS) is 12.2. The van der Waals surface area contributed by atoms with Crippen molar-refractivity contribution < 1.29 is 4.74 Å². The number of imidazole rings is 1. The summed E-state index contributed by atoms with van der Waals surface area (Å²) >= 11 is 0. The molecule has 0 bridgehead atoms. The van der Waals surface area contributed by atoms with Gasteiger partial charge in [-0.1, -0.05) is 12.1 Å². The molecule has 2 aromatic rings. The van der Waals surface area contributed by atoms with E-state index in [2.05, 4.69) is 33.9 Å². The number of rotatable bonds is 6. The fraction of sp³-hybridized carbons (Fsp3) is 0.438. The Balaban J connectivity index is 2.02. The second-order valence-electron chi connectivity index (χ2n) is 5.38. The maximum absolute atomic E-state index is 5.27. The van der Waals surface area contributed by atoms with E-state index in [4.69, 9.17) is 4.74 Å². The third kappa shape index (κ3) is 3.55. The van der Waals surface area contributed by atoms with Crippen LogP contribution in [0.4, 0.5) is 5.95 Å². The summed E-state index contributed by atoms with van der Waals surface area (Å²) in [6, 6.07) is 8.39. The Morgan fingerprint density at radius 1 is 1.38 bits per heavy atom. The van der Waals surface area contributed by atoms with Crippen molar-refractivity contribution in [3.8, 4) is 5.75 Å². The van der Waals surface area contributed by atoms with Crippen molar-refractivity contribution in [3.05, 3.63) is 41.7 Å². The van der Waals surface area contributed by atoms with Gasteiger partial charge in [0.05, 0.1) is 19.0 Å². The van der Waals surface area contributed by atoms with Crippen molar-refractivity contribution in [1.29, 1.82) is 0 Å². The minimum absolute atomic E-state index is 0.248. The molecule has 1 N–H and O–H groups in total. The average molecular weight is 288 g/mol. The molecule has 2 rings (SSSR count). The van der Waals surface area contributed by atoms with Gasteiger partial charge in [-0.25, -0.2) is 4.98 Å². The largest absolute Gasteiger partial charge is 0.497 e. The maximum Gasteiger partial charge on any atom is 0.204 e. The van der Waals surface area contributed by atoms with Gasteiger partial charge in [0.15, 0.2) is 0 Å². The van der Waals surface area contributed by atoms with Crippen molar-refractivity contribution >= 4 is 5.95 Å². The van der Waals surface area contributed by atoms with E-state index in [-0.39, 0.29) is 6.04 Å². The SMILES string of the molecule is COc1cccc([C@H](C)NCc2cnc(N(C)C)n2C)c1. The fourth-order valence-corrected chi connectivity index (χ4v) is 2.30. The number of ether oxygens (including phenoxy) is 1. The fourth-order valence-electron chi connectivity index (χ4n) is 2.30. The second-order valence-corrected chi connectivity index (χ2v) is 5.38. The van der Waals surface area contributed by atoms with Crippen molar-refractivity contribution in [2.24, 2.45) is 7.05 Å². The summed E-state index contributed by atoms with van der Waals surface area (Å²) in [7, 11) is 7.72. The van der Waals surface area contributed by atoms with Crippen LogP contribution in [0.25, 0.3) is 0 Å². The summed E-state index contributed by atoms with van der Waals surface area (Å²) in [6.07, 6.45) is 1.92. The zero-order chi connectivity index (χ0) is 15.4. The molecule has 1 aromatic heterocycles. The van der Waals surface area contributed by atoms with Crippen molar-refractivity contribution in [2.45, 2.75) is 19.5 Å². The summed E-state index contributed by atoms with van der Waals surface area (Å²) in [6.45, 7) is 2.92. The quantitative estimate of drug-likeness (QED) is 0.886. The minimum Gasteiger partial charge on any atom is -0.497 e. The Kier molecular flexibility index (Phi) is 4.85. The lowest BCUT2D eigenvalue weighted by molar-refractivity contribution is 0.413. The number of nitrogens with one attached hydrogen (secondary N) is 1.